The van der Waals surface area contributed by atoms with E-state index in [0.29, 0.717) is 27.8 Å². The minimum atomic E-state index is -0.543. The molecule has 0 bridgehead atoms. The van der Waals surface area contributed by atoms with Crippen LogP contribution < -0.4 is 10.4 Å². The summed E-state index contributed by atoms with van der Waals surface area (Å²) in [5, 5.41) is 21.0. The van der Waals surface area contributed by atoms with Crippen LogP contribution in [0.3, 0.4) is 0 Å². The van der Waals surface area contributed by atoms with Crippen LogP contribution in [0.25, 0.3) is 11.0 Å². The Bertz CT molecular complexity index is 975. The first-order valence-electron chi connectivity index (χ1n) is 7.08. The van der Waals surface area contributed by atoms with Crippen molar-refractivity contribution in [3.8, 4) is 11.5 Å². The molecule has 122 valence electrons. The highest BCUT2D eigenvalue weighted by molar-refractivity contribution is 5.84. The van der Waals surface area contributed by atoms with Gasteiger partial charge in [-0.05, 0) is 31.2 Å². The summed E-state index contributed by atoms with van der Waals surface area (Å²) in [6.45, 7) is 1.74. The van der Waals surface area contributed by atoms with E-state index in [2.05, 4.69) is 0 Å². The number of hydrogen-bond acceptors (Lipinski definition) is 6. The van der Waals surface area contributed by atoms with Crippen LogP contribution in [-0.2, 0) is 6.61 Å². The molecule has 1 N–H and O–H groups in total. The number of hydrogen-bond donors (Lipinski definition) is 1. The van der Waals surface area contributed by atoms with Crippen LogP contribution in [0.5, 0.6) is 11.5 Å². The summed E-state index contributed by atoms with van der Waals surface area (Å²) in [6, 6.07) is 10.2. The Morgan fingerprint density at radius 2 is 1.92 bits per heavy atom. The zero-order valence-corrected chi connectivity index (χ0v) is 12.7. The molecule has 0 aliphatic heterocycles. The molecular weight excluding hydrogens is 314 g/mol. The van der Waals surface area contributed by atoms with Gasteiger partial charge in [-0.3, -0.25) is 10.1 Å². The lowest BCUT2D eigenvalue weighted by atomic mass is 10.1. The number of nitrogens with zero attached hydrogens (tertiary/aromatic N) is 1. The molecular formula is C17H13NO6. The van der Waals surface area contributed by atoms with Crippen LogP contribution in [0.4, 0.5) is 5.69 Å². The van der Waals surface area contributed by atoms with Crippen molar-refractivity contribution < 1.29 is 19.2 Å². The lowest BCUT2D eigenvalue weighted by molar-refractivity contribution is -0.384. The van der Waals surface area contributed by atoms with Gasteiger partial charge in [0.2, 0.25) is 0 Å². The number of rotatable bonds is 4. The number of fused-ring (bicyclic) bond motifs is 1. The van der Waals surface area contributed by atoms with Crippen molar-refractivity contribution in [2.45, 2.75) is 13.5 Å². The van der Waals surface area contributed by atoms with Crippen molar-refractivity contribution in [3.63, 3.8) is 0 Å². The molecule has 3 rings (SSSR count). The van der Waals surface area contributed by atoms with E-state index < -0.39 is 10.5 Å². The summed E-state index contributed by atoms with van der Waals surface area (Å²) in [5.74, 6) is 0.483. The Hall–Kier alpha value is -3.35. The quantitative estimate of drug-likeness (QED) is 0.448. The monoisotopic (exact) mass is 327 g/mol. The number of ether oxygens (including phenoxy) is 1. The first-order valence-corrected chi connectivity index (χ1v) is 7.08. The molecule has 0 saturated heterocycles. The number of aryl methyl sites for hydroxylation is 1. The predicted molar refractivity (Wildman–Crippen MR) is 86.3 cm³/mol. The highest BCUT2D eigenvalue weighted by Gasteiger charge is 2.11. The summed E-state index contributed by atoms with van der Waals surface area (Å²) >= 11 is 0. The van der Waals surface area contributed by atoms with Crippen LogP contribution in [0.15, 0.2) is 51.7 Å². The third-order valence-electron chi connectivity index (χ3n) is 3.66. The molecule has 2 aromatic carbocycles. The molecule has 0 unspecified atom stereocenters. The number of nitro benzene ring substituents is 1. The van der Waals surface area contributed by atoms with E-state index in [1.807, 2.05) is 0 Å². The Morgan fingerprint density at radius 1 is 1.21 bits per heavy atom. The minimum absolute atomic E-state index is 0.0285. The smallest absolute Gasteiger partial charge is 0.336 e. The molecule has 7 nitrogen and oxygen atoms in total. The van der Waals surface area contributed by atoms with Crippen molar-refractivity contribution in [3.05, 3.63) is 74.1 Å². The third-order valence-corrected chi connectivity index (χ3v) is 3.66. The molecule has 0 aliphatic carbocycles. The van der Waals surface area contributed by atoms with Gasteiger partial charge >= 0.3 is 5.63 Å². The van der Waals surface area contributed by atoms with Gasteiger partial charge in [0.05, 0.1) is 4.92 Å². The average Bonchev–Trinajstić information content (AvgIpc) is 2.56. The number of aromatic hydroxyl groups is 1. The van der Waals surface area contributed by atoms with E-state index in [0.717, 1.165) is 0 Å². The van der Waals surface area contributed by atoms with Gasteiger partial charge in [-0.2, -0.15) is 0 Å². The van der Waals surface area contributed by atoms with Crippen molar-refractivity contribution in [2.75, 3.05) is 0 Å². The zero-order valence-electron chi connectivity index (χ0n) is 12.7. The zero-order chi connectivity index (χ0) is 17.3. The molecule has 3 aromatic rings. The Balaban J connectivity index is 1.91. The molecule has 24 heavy (non-hydrogen) atoms. The summed E-state index contributed by atoms with van der Waals surface area (Å²) in [4.78, 5) is 21.9. The summed E-state index contributed by atoms with van der Waals surface area (Å²) in [5.41, 5.74) is 0.812. The summed E-state index contributed by atoms with van der Waals surface area (Å²) < 4.78 is 10.8. The largest absolute Gasteiger partial charge is 0.508 e. The van der Waals surface area contributed by atoms with Crippen LogP contribution in [0.2, 0.25) is 0 Å². The number of benzene rings is 2. The van der Waals surface area contributed by atoms with Gasteiger partial charge in [0.1, 0.15) is 23.7 Å². The molecule has 1 aromatic heterocycles. The van der Waals surface area contributed by atoms with Gasteiger partial charge in [-0.15, -0.1) is 0 Å². The lowest BCUT2D eigenvalue weighted by Crippen LogP contribution is -2.04. The van der Waals surface area contributed by atoms with Gasteiger partial charge in [0, 0.05) is 34.7 Å². The third kappa shape index (κ3) is 2.91. The van der Waals surface area contributed by atoms with Gasteiger partial charge in [-0.1, -0.05) is 0 Å². The molecule has 7 heteroatoms. The molecule has 0 radical (unpaired) electrons. The number of phenolic OH excluding ortho intramolecular Hbond substituents is 1. The molecule has 1 heterocycles. The fraction of sp³-hybridized carbons (Fsp3) is 0.118. The second kappa shape index (κ2) is 6.04. The molecule has 0 saturated carbocycles. The molecule has 0 amide bonds. The molecule has 0 aliphatic rings. The van der Waals surface area contributed by atoms with E-state index in [9.17, 15) is 20.0 Å². The maximum Gasteiger partial charge on any atom is 0.336 e. The molecule has 0 spiro atoms. The highest BCUT2D eigenvalue weighted by atomic mass is 16.6. The fourth-order valence-electron chi connectivity index (χ4n) is 2.36. The molecule has 0 fully saturated rings. The van der Waals surface area contributed by atoms with Crippen molar-refractivity contribution in [1.29, 1.82) is 0 Å². The number of phenols is 1. The Morgan fingerprint density at radius 3 is 2.58 bits per heavy atom. The topological polar surface area (TPSA) is 103 Å². The van der Waals surface area contributed by atoms with Crippen molar-refractivity contribution in [2.24, 2.45) is 0 Å². The minimum Gasteiger partial charge on any atom is -0.508 e. The maximum atomic E-state index is 11.7. The fourth-order valence-corrected chi connectivity index (χ4v) is 2.36. The standard InChI is InChI=1S/C17H13NO6/c1-10-15(19)7-6-14-11(8-16(20)24-17(10)14)9-23-13-4-2-12(3-5-13)18(21)22/h2-8,19H,9H2,1H3. The maximum absolute atomic E-state index is 11.7. The summed E-state index contributed by atoms with van der Waals surface area (Å²) in [6.07, 6.45) is 0. The van der Waals surface area contributed by atoms with Crippen LogP contribution in [0, 0.1) is 17.0 Å². The van der Waals surface area contributed by atoms with Gasteiger partial charge in [0.15, 0.2) is 0 Å². The van der Waals surface area contributed by atoms with Gasteiger partial charge < -0.3 is 14.3 Å². The van der Waals surface area contributed by atoms with Gasteiger partial charge in [-0.25, -0.2) is 4.79 Å². The van der Waals surface area contributed by atoms with E-state index in [-0.39, 0.29) is 18.0 Å². The lowest BCUT2D eigenvalue weighted by Gasteiger charge is -2.10. The number of nitro groups is 1. The second-order valence-electron chi connectivity index (χ2n) is 5.22. The van der Waals surface area contributed by atoms with Crippen molar-refractivity contribution >= 4 is 16.7 Å². The van der Waals surface area contributed by atoms with E-state index in [4.69, 9.17) is 9.15 Å². The van der Waals surface area contributed by atoms with E-state index in [1.165, 1.54) is 36.4 Å². The second-order valence-corrected chi connectivity index (χ2v) is 5.22. The Labute approximate surface area is 135 Å². The summed E-state index contributed by atoms with van der Waals surface area (Å²) in [7, 11) is 0. The van der Waals surface area contributed by atoms with E-state index in [1.54, 1.807) is 13.0 Å². The average molecular weight is 327 g/mol. The van der Waals surface area contributed by atoms with Gasteiger partial charge in [0.25, 0.3) is 5.69 Å². The number of non-ortho nitro benzene ring substituents is 1. The first-order chi connectivity index (χ1) is 11.5. The highest BCUT2D eigenvalue weighted by Crippen LogP contribution is 2.28. The molecule has 0 atom stereocenters. The SMILES string of the molecule is Cc1c(O)ccc2c(COc3ccc([N+](=O)[O-])cc3)cc(=O)oc12. The normalized spacial score (nSPS) is 10.7. The van der Waals surface area contributed by atoms with E-state index >= 15 is 0 Å². The van der Waals surface area contributed by atoms with Crippen LogP contribution in [0.1, 0.15) is 11.1 Å². The predicted octanol–water partition coefficient (Wildman–Crippen LogP) is 3.29. The van der Waals surface area contributed by atoms with Crippen molar-refractivity contribution in [1.82, 2.24) is 0 Å². The Kier molecular flexibility index (Phi) is 3.91. The van der Waals surface area contributed by atoms with Crippen LogP contribution >= 0.6 is 0 Å². The van der Waals surface area contributed by atoms with Crippen LogP contribution in [-0.4, -0.2) is 10.0 Å². The first kappa shape index (κ1) is 15.5.